The van der Waals surface area contributed by atoms with Gasteiger partial charge in [0.2, 0.25) is 5.91 Å². The lowest BCUT2D eigenvalue weighted by Gasteiger charge is -2.10. The Kier molecular flexibility index (Phi) is 5.19. The molecule has 0 bridgehead atoms. The molecular formula is C18H17ClFN3O2. The maximum absolute atomic E-state index is 13.6. The molecule has 130 valence electrons. The first-order valence-electron chi connectivity index (χ1n) is 7.91. The number of carbonyl (C=O) groups excluding carboxylic acids is 2. The molecule has 0 heterocycles. The Balaban J connectivity index is 1.57. The molecule has 2 aromatic carbocycles. The second-order valence-electron chi connectivity index (χ2n) is 5.85. The number of carbonyl (C=O) groups is 2. The van der Waals surface area contributed by atoms with Gasteiger partial charge in [-0.05, 0) is 49.2 Å². The van der Waals surface area contributed by atoms with E-state index in [1.807, 2.05) is 0 Å². The third-order valence-electron chi connectivity index (χ3n) is 3.69. The van der Waals surface area contributed by atoms with Gasteiger partial charge in [-0.15, -0.1) is 0 Å². The predicted octanol–water partition coefficient (Wildman–Crippen LogP) is 3.42. The van der Waals surface area contributed by atoms with Gasteiger partial charge in [0.1, 0.15) is 5.82 Å². The molecular weight excluding hydrogens is 345 g/mol. The number of anilines is 2. The molecule has 0 aliphatic heterocycles. The van der Waals surface area contributed by atoms with Gasteiger partial charge >= 0.3 is 0 Å². The van der Waals surface area contributed by atoms with Crippen LogP contribution in [0.3, 0.4) is 0 Å². The minimum Gasteiger partial charge on any atom is -0.374 e. The minimum atomic E-state index is -0.490. The maximum Gasteiger partial charge on any atom is 0.251 e. The maximum atomic E-state index is 13.6. The molecule has 0 atom stereocenters. The first kappa shape index (κ1) is 17.2. The zero-order valence-corrected chi connectivity index (χ0v) is 14.1. The molecule has 0 spiro atoms. The van der Waals surface area contributed by atoms with E-state index < -0.39 is 5.82 Å². The molecule has 0 saturated heterocycles. The van der Waals surface area contributed by atoms with Crippen LogP contribution in [0.25, 0.3) is 0 Å². The fourth-order valence-electron chi connectivity index (χ4n) is 2.25. The summed E-state index contributed by atoms with van der Waals surface area (Å²) in [5, 5.41) is 8.63. The van der Waals surface area contributed by atoms with Gasteiger partial charge in [-0.25, -0.2) is 4.39 Å². The quantitative estimate of drug-likeness (QED) is 0.738. The highest BCUT2D eigenvalue weighted by Gasteiger charge is 2.23. The summed E-state index contributed by atoms with van der Waals surface area (Å²) in [7, 11) is 0. The molecule has 3 N–H and O–H groups in total. The van der Waals surface area contributed by atoms with Crippen molar-refractivity contribution in [1.82, 2.24) is 5.32 Å². The van der Waals surface area contributed by atoms with Crippen molar-refractivity contribution in [3.05, 3.63) is 58.9 Å². The second-order valence-corrected chi connectivity index (χ2v) is 6.29. The van der Waals surface area contributed by atoms with Crippen molar-refractivity contribution in [2.24, 2.45) is 0 Å². The Hall–Kier alpha value is -2.60. The van der Waals surface area contributed by atoms with Gasteiger partial charge in [0.05, 0.1) is 12.2 Å². The summed E-state index contributed by atoms with van der Waals surface area (Å²) in [4.78, 5) is 24.0. The van der Waals surface area contributed by atoms with Crippen molar-refractivity contribution in [2.75, 3.05) is 17.2 Å². The van der Waals surface area contributed by atoms with Crippen LogP contribution in [-0.2, 0) is 4.79 Å². The molecule has 0 aromatic heterocycles. The Morgan fingerprint density at radius 3 is 2.72 bits per heavy atom. The third-order valence-corrected chi connectivity index (χ3v) is 3.92. The average Bonchev–Trinajstić information content (AvgIpc) is 3.40. The Morgan fingerprint density at radius 1 is 1.16 bits per heavy atom. The highest BCUT2D eigenvalue weighted by atomic mass is 35.5. The summed E-state index contributed by atoms with van der Waals surface area (Å²) >= 11 is 5.80. The summed E-state index contributed by atoms with van der Waals surface area (Å²) in [6.07, 6.45) is 2.02. The van der Waals surface area contributed by atoms with Crippen LogP contribution in [0, 0.1) is 5.82 Å². The number of halogens is 2. The van der Waals surface area contributed by atoms with Gasteiger partial charge in [-0.3, -0.25) is 9.59 Å². The smallest absolute Gasteiger partial charge is 0.251 e. The van der Waals surface area contributed by atoms with Gasteiger partial charge in [0, 0.05) is 22.3 Å². The molecule has 2 amide bonds. The first-order chi connectivity index (χ1) is 12.0. The number of amides is 2. The molecule has 0 unspecified atom stereocenters. The van der Waals surface area contributed by atoms with Crippen molar-refractivity contribution in [1.29, 1.82) is 0 Å². The molecule has 1 aliphatic carbocycles. The lowest BCUT2D eigenvalue weighted by atomic mass is 10.2. The zero-order chi connectivity index (χ0) is 17.8. The summed E-state index contributed by atoms with van der Waals surface area (Å²) in [5.74, 6) is -1.01. The van der Waals surface area contributed by atoms with E-state index in [0.29, 0.717) is 16.3 Å². The summed E-state index contributed by atoms with van der Waals surface area (Å²) < 4.78 is 13.6. The summed E-state index contributed by atoms with van der Waals surface area (Å²) in [6, 6.07) is 11.0. The van der Waals surface area contributed by atoms with Crippen molar-refractivity contribution < 1.29 is 14.0 Å². The van der Waals surface area contributed by atoms with E-state index in [2.05, 4.69) is 16.0 Å². The Labute approximate surface area is 149 Å². The Morgan fingerprint density at radius 2 is 1.96 bits per heavy atom. The van der Waals surface area contributed by atoms with Crippen LogP contribution >= 0.6 is 11.6 Å². The molecule has 25 heavy (non-hydrogen) atoms. The molecule has 7 heteroatoms. The van der Waals surface area contributed by atoms with Gasteiger partial charge < -0.3 is 16.0 Å². The van der Waals surface area contributed by atoms with Crippen LogP contribution in [0.4, 0.5) is 15.8 Å². The standard InChI is InChI=1S/C18H17ClFN3O2/c19-12-4-7-15(20)16(9-12)21-10-17(24)22-14-3-1-2-11(8-14)18(25)23-13-5-6-13/h1-4,7-9,13,21H,5-6,10H2,(H,22,24)(H,23,25). The molecule has 1 aliphatic rings. The number of rotatable bonds is 6. The number of hydrogen-bond acceptors (Lipinski definition) is 3. The van der Waals surface area contributed by atoms with E-state index in [1.165, 1.54) is 18.2 Å². The van der Waals surface area contributed by atoms with Crippen LogP contribution in [0.2, 0.25) is 5.02 Å². The highest BCUT2D eigenvalue weighted by Crippen LogP contribution is 2.20. The van der Waals surface area contributed by atoms with Gasteiger partial charge in [-0.1, -0.05) is 17.7 Å². The minimum absolute atomic E-state index is 0.129. The van der Waals surface area contributed by atoms with Crippen molar-refractivity contribution >= 4 is 34.8 Å². The zero-order valence-electron chi connectivity index (χ0n) is 13.3. The van der Waals surface area contributed by atoms with Crippen LogP contribution in [0.1, 0.15) is 23.2 Å². The second kappa shape index (κ2) is 7.53. The van der Waals surface area contributed by atoms with E-state index in [9.17, 15) is 14.0 Å². The number of benzene rings is 2. The molecule has 5 nitrogen and oxygen atoms in total. The molecule has 3 rings (SSSR count). The van der Waals surface area contributed by atoms with Crippen molar-refractivity contribution in [2.45, 2.75) is 18.9 Å². The van der Waals surface area contributed by atoms with Crippen molar-refractivity contribution in [3.8, 4) is 0 Å². The van der Waals surface area contributed by atoms with Crippen LogP contribution in [0.15, 0.2) is 42.5 Å². The number of hydrogen-bond donors (Lipinski definition) is 3. The van der Waals surface area contributed by atoms with Crippen molar-refractivity contribution in [3.63, 3.8) is 0 Å². The summed E-state index contributed by atoms with van der Waals surface area (Å²) in [5.41, 5.74) is 1.14. The summed E-state index contributed by atoms with van der Waals surface area (Å²) in [6.45, 7) is -0.129. The van der Waals surface area contributed by atoms with Gasteiger partial charge in [0.25, 0.3) is 5.91 Å². The normalized spacial score (nSPS) is 13.2. The SMILES string of the molecule is O=C(CNc1cc(Cl)ccc1F)Nc1cccc(C(=O)NC2CC2)c1. The lowest BCUT2D eigenvalue weighted by Crippen LogP contribution is -2.26. The molecule has 1 fully saturated rings. The Bertz CT molecular complexity index is 809. The largest absolute Gasteiger partial charge is 0.374 e. The first-order valence-corrected chi connectivity index (χ1v) is 8.29. The fraction of sp³-hybridized carbons (Fsp3) is 0.222. The predicted molar refractivity (Wildman–Crippen MR) is 95.5 cm³/mol. The fourth-order valence-corrected chi connectivity index (χ4v) is 2.42. The molecule has 1 saturated carbocycles. The van der Waals surface area contributed by atoms with Crippen LogP contribution in [-0.4, -0.2) is 24.4 Å². The van der Waals surface area contributed by atoms with E-state index >= 15 is 0 Å². The lowest BCUT2D eigenvalue weighted by molar-refractivity contribution is -0.114. The van der Waals surface area contributed by atoms with E-state index in [4.69, 9.17) is 11.6 Å². The van der Waals surface area contributed by atoms with E-state index in [-0.39, 0.29) is 30.1 Å². The molecule has 0 radical (unpaired) electrons. The van der Waals surface area contributed by atoms with Gasteiger partial charge in [0.15, 0.2) is 0 Å². The topological polar surface area (TPSA) is 70.2 Å². The van der Waals surface area contributed by atoms with Crippen LogP contribution in [0.5, 0.6) is 0 Å². The number of nitrogens with one attached hydrogen (secondary N) is 3. The monoisotopic (exact) mass is 361 g/mol. The van der Waals surface area contributed by atoms with Crippen LogP contribution < -0.4 is 16.0 Å². The highest BCUT2D eigenvalue weighted by molar-refractivity contribution is 6.30. The molecule has 2 aromatic rings. The average molecular weight is 362 g/mol. The van der Waals surface area contributed by atoms with Gasteiger partial charge in [-0.2, -0.15) is 0 Å². The third kappa shape index (κ3) is 4.93. The van der Waals surface area contributed by atoms with E-state index in [0.717, 1.165) is 12.8 Å². The van der Waals surface area contributed by atoms with E-state index in [1.54, 1.807) is 24.3 Å².